The molecule has 0 saturated heterocycles. The lowest BCUT2D eigenvalue weighted by molar-refractivity contribution is 0.115. The van der Waals surface area contributed by atoms with Gasteiger partial charge in [0.05, 0.1) is 0 Å². The van der Waals surface area contributed by atoms with Crippen molar-refractivity contribution in [2.75, 3.05) is 6.54 Å². The van der Waals surface area contributed by atoms with E-state index in [1.165, 1.54) is 50.8 Å². The Morgan fingerprint density at radius 2 is 1.75 bits per heavy atom. The minimum atomic E-state index is 0.834. The summed E-state index contributed by atoms with van der Waals surface area (Å²) in [6.07, 6.45) is 11.0. The Kier molecular flexibility index (Phi) is 5.57. The minimum Gasteiger partial charge on any atom is -0.372 e. The van der Waals surface area contributed by atoms with Crippen LogP contribution < -0.4 is 0 Å². The second-order valence-corrected chi connectivity index (χ2v) is 7.63. The number of hydrogen-bond acceptors (Lipinski definition) is 1. The lowest BCUT2D eigenvalue weighted by atomic mass is 9.78. The molecule has 1 heteroatoms. The van der Waals surface area contributed by atoms with Crippen molar-refractivity contribution >= 4 is 0 Å². The molecule has 2 rings (SSSR count). The smallest absolute Gasteiger partial charge is 0.0286 e. The molecule has 0 aromatic rings. The minimum absolute atomic E-state index is 0.834. The summed E-state index contributed by atoms with van der Waals surface area (Å²) in [5.41, 5.74) is 1.51. The quantitative estimate of drug-likeness (QED) is 0.622. The van der Waals surface area contributed by atoms with Crippen molar-refractivity contribution in [2.45, 2.75) is 79.2 Å². The van der Waals surface area contributed by atoms with E-state index in [2.05, 4.69) is 45.6 Å². The molecule has 2 aliphatic carbocycles. The van der Waals surface area contributed by atoms with Gasteiger partial charge in [0.25, 0.3) is 0 Å². The van der Waals surface area contributed by atoms with Gasteiger partial charge in [0.15, 0.2) is 0 Å². The summed E-state index contributed by atoms with van der Waals surface area (Å²) in [4.78, 5) is 2.75. The molecule has 0 aromatic carbocycles. The van der Waals surface area contributed by atoms with E-state index in [9.17, 15) is 0 Å². The molecule has 0 heterocycles. The lowest BCUT2D eigenvalue weighted by Crippen LogP contribution is -2.42. The van der Waals surface area contributed by atoms with Crippen LogP contribution in [0.1, 0.15) is 73.1 Å². The molecule has 2 saturated carbocycles. The van der Waals surface area contributed by atoms with Gasteiger partial charge in [-0.2, -0.15) is 0 Å². The molecular weight excluding hydrogens is 242 g/mol. The molecule has 0 radical (unpaired) electrons. The molecule has 0 amide bonds. The Bertz CT molecular complexity index is 327. The molecule has 116 valence electrons. The largest absolute Gasteiger partial charge is 0.372 e. The molecule has 1 nitrogen and oxygen atoms in total. The Balaban J connectivity index is 2.01. The fourth-order valence-corrected chi connectivity index (χ4v) is 4.18. The monoisotopic (exact) mass is 277 g/mol. The first-order chi connectivity index (χ1) is 9.54. The lowest BCUT2D eigenvalue weighted by Gasteiger charge is -2.43. The summed E-state index contributed by atoms with van der Waals surface area (Å²) >= 11 is 0. The second-order valence-electron chi connectivity index (χ2n) is 7.63. The van der Waals surface area contributed by atoms with Crippen LogP contribution in [0.2, 0.25) is 0 Å². The predicted octanol–water partition coefficient (Wildman–Crippen LogP) is 5.47. The van der Waals surface area contributed by atoms with Gasteiger partial charge in [-0.05, 0) is 69.6 Å². The Hall–Kier alpha value is -0.460. The normalized spacial score (nSPS) is 29.6. The Labute approximate surface area is 126 Å². The van der Waals surface area contributed by atoms with Gasteiger partial charge < -0.3 is 4.90 Å². The van der Waals surface area contributed by atoms with Gasteiger partial charge in [0.1, 0.15) is 0 Å². The zero-order valence-electron chi connectivity index (χ0n) is 14.4. The third-order valence-electron chi connectivity index (χ3n) is 6.26. The van der Waals surface area contributed by atoms with Crippen LogP contribution >= 0.6 is 0 Å². The van der Waals surface area contributed by atoms with E-state index in [4.69, 9.17) is 0 Å². The van der Waals surface area contributed by atoms with Gasteiger partial charge in [0, 0.05) is 18.3 Å². The fraction of sp³-hybridized carbons (Fsp3) is 0.895. The molecule has 0 bridgehead atoms. The maximum absolute atomic E-state index is 2.75. The van der Waals surface area contributed by atoms with Crippen molar-refractivity contribution in [1.29, 1.82) is 0 Å². The van der Waals surface area contributed by atoms with Gasteiger partial charge in [-0.3, -0.25) is 0 Å². The first kappa shape index (κ1) is 15.9. The second kappa shape index (κ2) is 7.00. The van der Waals surface area contributed by atoms with E-state index in [0.717, 1.165) is 29.7 Å². The molecule has 0 spiro atoms. The van der Waals surface area contributed by atoms with Crippen LogP contribution in [-0.2, 0) is 0 Å². The topological polar surface area (TPSA) is 3.24 Å². The molecule has 3 atom stereocenters. The maximum Gasteiger partial charge on any atom is 0.0286 e. The van der Waals surface area contributed by atoms with Gasteiger partial charge in [-0.25, -0.2) is 0 Å². The summed E-state index contributed by atoms with van der Waals surface area (Å²) in [6, 6.07) is 0.849. The molecular formula is C19H35N. The van der Waals surface area contributed by atoms with E-state index in [1.54, 1.807) is 0 Å². The highest BCUT2D eigenvalue weighted by atomic mass is 15.2. The molecule has 0 aromatic heterocycles. The van der Waals surface area contributed by atoms with Gasteiger partial charge in [-0.15, -0.1) is 0 Å². The zero-order chi connectivity index (χ0) is 14.7. The number of allylic oxidation sites excluding steroid dienone is 2. The van der Waals surface area contributed by atoms with Crippen LogP contribution in [0.25, 0.3) is 0 Å². The van der Waals surface area contributed by atoms with E-state index in [0.29, 0.717) is 0 Å². The molecule has 3 unspecified atom stereocenters. The van der Waals surface area contributed by atoms with Gasteiger partial charge in [0.2, 0.25) is 0 Å². The molecule has 2 fully saturated rings. The van der Waals surface area contributed by atoms with Crippen molar-refractivity contribution in [1.82, 2.24) is 4.90 Å². The Morgan fingerprint density at radius 1 is 1.10 bits per heavy atom. The number of nitrogens with zero attached hydrogens (tertiary/aromatic N) is 1. The van der Waals surface area contributed by atoms with Crippen LogP contribution in [0.3, 0.4) is 0 Å². The van der Waals surface area contributed by atoms with E-state index < -0.39 is 0 Å². The highest BCUT2D eigenvalue weighted by Crippen LogP contribution is 2.41. The van der Waals surface area contributed by atoms with Gasteiger partial charge in [-0.1, -0.05) is 33.3 Å². The first-order valence-corrected chi connectivity index (χ1v) is 8.94. The highest BCUT2D eigenvalue weighted by molar-refractivity contribution is 5.02. The van der Waals surface area contributed by atoms with Crippen molar-refractivity contribution in [3.8, 4) is 0 Å². The van der Waals surface area contributed by atoms with Crippen LogP contribution in [0.5, 0.6) is 0 Å². The third-order valence-corrected chi connectivity index (χ3v) is 6.26. The molecule has 2 aliphatic rings. The summed E-state index contributed by atoms with van der Waals surface area (Å²) in [5.74, 6) is 3.61. The van der Waals surface area contributed by atoms with Crippen LogP contribution in [-0.4, -0.2) is 17.5 Å². The standard InChI is InChI=1S/C19H35N/c1-6-15(4)20(18-10-8-11-18)13-17-9-7-12-19(17)16(5)14(2)3/h6,14,16-19H,7-13H2,1-5H3. The predicted molar refractivity (Wildman–Crippen MR) is 88.6 cm³/mol. The van der Waals surface area contributed by atoms with Crippen molar-refractivity contribution in [2.24, 2.45) is 23.7 Å². The van der Waals surface area contributed by atoms with Crippen LogP contribution in [0, 0.1) is 23.7 Å². The van der Waals surface area contributed by atoms with E-state index >= 15 is 0 Å². The number of hydrogen-bond donors (Lipinski definition) is 0. The Morgan fingerprint density at radius 3 is 2.25 bits per heavy atom. The van der Waals surface area contributed by atoms with Crippen molar-refractivity contribution < 1.29 is 0 Å². The summed E-state index contributed by atoms with van der Waals surface area (Å²) in [7, 11) is 0. The van der Waals surface area contributed by atoms with Crippen LogP contribution in [0.4, 0.5) is 0 Å². The van der Waals surface area contributed by atoms with Crippen LogP contribution in [0.15, 0.2) is 11.8 Å². The summed E-state index contributed by atoms with van der Waals surface area (Å²) < 4.78 is 0. The summed E-state index contributed by atoms with van der Waals surface area (Å²) in [5, 5.41) is 0. The zero-order valence-corrected chi connectivity index (χ0v) is 14.4. The SMILES string of the molecule is CC=C(C)N(CC1CCCC1C(C)C(C)C)C1CCC1. The van der Waals surface area contributed by atoms with Crippen molar-refractivity contribution in [3.05, 3.63) is 11.8 Å². The number of rotatable bonds is 6. The molecule has 20 heavy (non-hydrogen) atoms. The molecule has 0 aliphatic heterocycles. The van der Waals surface area contributed by atoms with E-state index in [-0.39, 0.29) is 0 Å². The highest BCUT2D eigenvalue weighted by Gasteiger charge is 2.35. The molecule has 0 N–H and O–H groups in total. The third kappa shape index (κ3) is 3.40. The first-order valence-electron chi connectivity index (χ1n) is 8.94. The fourth-order valence-electron chi connectivity index (χ4n) is 4.18. The van der Waals surface area contributed by atoms with Crippen molar-refractivity contribution in [3.63, 3.8) is 0 Å². The average molecular weight is 277 g/mol. The maximum atomic E-state index is 2.75. The average Bonchev–Trinajstić information content (AvgIpc) is 2.81. The summed E-state index contributed by atoms with van der Waals surface area (Å²) in [6.45, 7) is 13.1. The van der Waals surface area contributed by atoms with E-state index in [1.807, 2.05) is 0 Å². The van der Waals surface area contributed by atoms with Gasteiger partial charge >= 0.3 is 0 Å².